The van der Waals surface area contributed by atoms with Gasteiger partial charge in [-0.25, -0.2) is 0 Å². The third kappa shape index (κ3) is 1.37. The van der Waals surface area contributed by atoms with E-state index in [1.54, 1.807) is 23.1 Å². The summed E-state index contributed by atoms with van der Waals surface area (Å²) in [4.78, 5) is 12.3. The number of phenols is 1. The van der Waals surface area contributed by atoms with Gasteiger partial charge in [-0.05, 0) is 36.6 Å². The number of anilines is 1. The molecule has 1 amide bonds. The van der Waals surface area contributed by atoms with E-state index in [2.05, 4.69) is 0 Å². The van der Waals surface area contributed by atoms with Crippen LogP contribution in [0.4, 0.5) is 5.69 Å². The minimum atomic E-state index is 0.270. The van der Waals surface area contributed by atoms with Gasteiger partial charge in [0.15, 0.2) is 0 Å². The monoisotopic (exact) mass is 177 g/mol. The highest BCUT2D eigenvalue weighted by atomic mass is 16.3. The Morgan fingerprint density at radius 1 is 1.46 bits per heavy atom. The van der Waals surface area contributed by atoms with Crippen molar-refractivity contribution in [3.8, 4) is 5.75 Å². The van der Waals surface area contributed by atoms with Crippen LogP contribution in [-0.4, -0.2) is 18.1 Å². The summed E-state index contributed by atoms with van der Waals surface area (Å²) in [6, 6.07) is 5.13. The van der Waals surface area contributed by atoms with Crippen LogP contribution in [-0.2, 0) is 11.2 Å². The smallest absolute Gasteiger partial charge is 0.214 e. The largest absolute Gasteiger partial charge is 0.508 e. The lowest BCUT2D eigenvalue weighted by atomic mass is 10.0. The molecule has 68 valence electrons. The fraction of sp³-hybridized carbons (Fsp3) is 0.300. The lowest BCUT2D eigenvalue weighted by molar-refractivity contribution is -0.107. The molecule has 1 aliphatic rings. The van der Waals surface area contributed by atoms with Crippen LogP contribution in [0.3, 0.4) is 0 Å². The second-order valence-corrected chi connectivity index (χ2v) is 3.22. The van der Waals surface area contributed by atoms with Gasteiger partial charge in [0.05, 0.1) is 0 Å². The number of phenolic OH excluding ortho intramolecular Hbond substituents is 1. The number of hydrogen-bond acceptors (Lipinski definition) is 2. The second kappa shape index (κ2) is 3.09. The Balaban J connectivity index is 2.45. The van der Waals surface area contributed by atoms with Crippen molar-refractivity contribution >= 4 is 12.1 Å². The van der Waals surface area contributed by atoms with Crippen molar-refractivity contribution in [1.82, 2.24) is 0 Å². The molecule has 13 heavy (non-hydrogen) atoms. The van der Waals surface area contributed by atoms with Crippen molar-refractivity contribution in [2.45, 2.75) is 12.8 Å². The van der Waals surface area contributed by atoms with E-state index in [9.17, 15) is 9.90 Å². The van der Waals surface area contributed by atoms with E-state index >= 15 is 0 Å². The van der Waals surface area contributed by atoms with E-state index in [0.29, 0.717) is 0 Å². The Kier molecular flexibility index (Phi) is 1.93. The van der Waals surface area contributed by atoms with Crippen LogP contribution in [0.1, 0.15) is 12.0 Å². The first-order chi connectivity index (χ1) is 6.31. The number of carbonyl (C=O) groups is 1. The van der Waals surface area contributed by atoms with Crippen LogP contribution in [0.15, 0.2) is 18.2 Å². The molecule has 0 atom stereocenters. The van der Waals surface area contributed by atoms with Gasteiger partial charge < -0.3 is 10.0 Å². The first-order valence-corrected chi connectivity index (χ1v) is 4.35. The molecule has 0 saturated heterocycles. The Morgan fingerprint density at radius 3 is 3.08 bits per heavy atom. The zero-order chi connectivity index (χ0) is 9.26. The van der Waals surface area contributed by atoms with Gasteiger partial charge in [0, 0.05) is 12.2 Å². The molecule has 3 nitrogen and oxygen atoms in total. The van der Waals surface area contributed by atoms with E-state index in [1.807, 2.05) is 0 Å². The summed E-state index contributed by atoms with van der Waals surface area (Å²) in [5.41, 5.74) is 1.98. The zero-order valence-electron chi connectivity index (χ0n) is 7.23. The van der Waals surface area contributed by atoms with Crippen molar-refractivity contribution in [3.05, 3.63) is 23.8 Å². The third-order valence-electron chi connectivity index (χ3n) is 2.34. The molecule has 0 aromatic heterocycles. The summed E-state index contributed by atoms with van der Waals surface area (Å²) >= 11 is 0. The lowest BCUT2D eigenvalue weighted by Crippen LogP contribution is -2.27. The molecule has 1 aromatic carbocycles. The number of amides is 1. The molecular weight excluding hydrogens is 166 g/mol. The van der Waals surface area contributed by atoms with Crippen molar-refractivity contribution in [2.24, 2.45) is 0 Å². The summed E-state index contributed by atoms with van der Waals surface area (Å²) in [6.07, 6.45) is 2.75. The number of aryl methyl sites for hydroxylation is 1. The van der Waals surface area contributed by atoms with Crippen LogP contribution in [0.2, 0.25) is 0 Å². The molecule has 1 aliphatic heterocycles. The second-order valence-electron chi connectivity index (χ2n) is 3.22. The van der Waals surface area contributed by atoms with Crippen molar-refractivity contribution in [1.29, 1.82) is 0 Å². The Hall–Kier alpha value is -1.51. The van der Waals surface area contributed by atoms with E-state index in [0.717, 1.165) is 37.0 Å². The molecule has 0 bridgehead atoms. The fourth-order valence-corrected chi connectivity index (χ4v) is 1.72. The molecule has 1 aromatic rings. The summed E-state index contributed by atoms with van der Waals surface area (Å²) < 4.78 is 0. The first-order valence-electron chi connectivity index (χ1n) is 4.35. The number of benzene rings is 1. The van der Waals surface area contributed by atoms with Crippen molar-refractivity contribution < 1.29 is 9.90 Å². The number of rotatable bonds is 1. The number of hydrogen-bond donors (Lipinski definition) is 1. The maximum absolute atomic E-state index is 10.7. The summed E-state index contributed by atoms with van der Waals surface area (Å²) in [7, 11) is 0. The third-order valence-corrected chi connectivity index (χ3v) is 2.34. The van der Waals surface area contributed by atoms with Crippen LogP contribution in [0.25, 0.3) is 0 Å². The Morgan fingerprint density at radius 2 is 2.31 bits per heavy atom. The first kappa shape index (κ1) is 8.10. The highest BCUT2D eigenvalue weighted by Gasteiger charge is 2.15. The quantitative estimate of drug-likeness (QED) is 0.657. The molecular formula is C10H11NO2. The number of fused-ring (bicyclic) bond motifs is 1. The summed E-state index contributed by atoms with van der Waals surface area (Å²) in [5.74, 6) is 0.270. The normalized spacial score (nSPS) is 15.2. The Labute approximate surface area is 76.6 Å². The number of aromatic hydroxyl groups is 1. The SMILES string of the molecule is O=CN1CCCc2cc(O)ccc21. The number of nitrogens with zero attached hydrogens (tertiary/aromatic N) is 1. The van der Waals surface area contributed by atoms with E-state index in [1.165, 1.54) is 0 Å². The molecule has 0 radical (unpaired) electrons. The molecule has 0 spiro atoms. The van der Waals surface area contributed by atoms with Gasteiger partial charge in [-0.1, -0.05) is 0 Å². The van der Waals surface area contributed by atoms with Crippen LogP contribution >= 0.6 is 0 Å². The predicted molar refractivity (Wildman–Crippen MR) is 49.8 cm³/mol. The van der Waals surface area contributed by atoms with Crippen LogP contribution < -0.4 is 4.90 Å². The summed E-state index contributed by atoms with van der Waals surface area (Å²) in [6.45, 7) is 0.779. The molecule has 0 fully saturated rings. The maximum atomic E-state index is 10.7. The molecule has 1 heterocycles. The van der Waals surface area contributed by atoms with Gasteiger partial charge in [-0.3, -0.25) is 4.79 Å². The molecule has 0 aliphatic carbocycles. The standard InChI is InChI=1S/C10H11NO2/c12-7-11-5-1-2-8-6-9(13)3-4-10(8)11/h3-4,6-7,13H,1-2,5H2. The van der Waals surface area contributed by atoms with Gasteiger partial charge in [-0.15, -0.1) is 0 Å². The van der Waals surface area contributed by atoms with Crippen molar-refractivity contribution in [3.63, 3.8) is 0 Å². The maximum Gasteiger partial charge on any atom is 0.214 e. The molecule has 1 N–H and O–H groups in total. The van der Waals surface area contributed by atoms with E-state index in [-0.39, 0.29) is 5.75 Å². The minimum Gasteiger partial charge on any atom is -0.508 e. The van der Waals surface area contributed by atoms with Gasteiger partial charge in [-0.2, -0.15) is 0 Å². The van der Waals surface area contributed by atoms with Gasteiger partial charge in [0.25, 0.3) is 0 Å². The highest BCUT2D eigenvalue weighted by Crippen LogP contribution is 2.28. The highest BCUT2D eigenvalue weighted by molar-refractivity contribution is 5.78. The van der Waals surface area contributed by atoms with E-state index < -0.39 is 0 Å². The lowest BCUT2D eigenvalue weighted by Gasteiger charge is -2.25. The minimum absolute atomic E-state index is 0.270. The molecule has 3 heteroatoms. The average molecular weight is 177 g/mol. The predicted octanol–water partition coefficient (Wildman–Crippen LogP) is 1.30. The molecule has 2 rings (SSSR count). The molecule has 0 unspecified atom stereocenters. The summed E-state index contributed by atoms with van der Waals surface area (Å²) in [5, 5.41) is 9.24. The Bertz CT molecular complexity index is 336. The van der Waals surface area contributed by atoms with Crippen LogP contribution in [0, 0.1) is 0 Å². The average Bonchev–Trinajstić information content (AvgIpc) is 2.16. The fourth-order valence-electron chi connectivity index (χ4n) is 1.72. The zero-order valence-corrected chi connectivity index (χ0v) is 7.23. The van der Waals surface area contributed by atoms with Gasteiger partial charge >= 0.3 is 0 Å². The van der Waals surface area contributed by atoms with Crippen LogP contribution in [0.5, 0.6) is 5.75 Å². The topological polar surface area (TPSA) is 40.5 Å². The van der Waals surface area contributed by atoms with E-state index in [4.69, 9.17) is 0 Å². The molecule has 0 saturated carbocycles. The van der Waals surface area contributed by atoms with Gasteiger partial charge in [0.2, 0.25) is 6.41 Å². The number of carbonyl (C=O) groups excluding carboxylic acids is 1. The van der Waals surface area contributed by atoms with Crippen molar-refractivity contribution in [2.75, 3.05) is 11.4 Å². The van der Waals surface area contributed by atoms with Gasteiger partial charge in [0.1, 0.15) is 5.75 Å².